The molecule has 3 rings (SSSR count). The Labute approximate surface area is 129 Å². The number of carbonyl (C=O) groups excluding carboxylic acids is 1. The Kier molecular flexibility index (Phi) is 3.62. The molecule has 0 fully saturated rings. The fourth-order valence-electron chi connectivity index (χ4n) is 3.20. The molecular weight excluding hydrogens is 278 g/mol. The maximum atomic E-state index is 11.7. The van der Waals surface area contributed by atoms with Crippen molar-refractivity contribution in [2.75, 3.05) is 14.2 Å². The Morgan fingerprint density at radius 3 is 2.73 bits per heavy atom. The number of aromatic nitrogens is 1. The van der Waals surface area contributed by atoms with E-state index in [9.17, 15) is 4.79 Å². The number of methoxy groups -OCH3 is 2. The highest BCUT2D eigenvalue weighted by molar-refractivity contribution is 5.85. The summed E-state index contributed by atoms with van der Waals surface area (Å²) in [5.74, 6) is 0.320. The van der Waals surface area contributed by atoms with Gasteiger partial charge in [-0.15, -0.1) is 0 Å². The molecule has 114 valence electrons. The van der Waals surface area contributed by atoms with Crippen molar-refractivity contribution in [1.29, 1.82) is 0 Å². The fraction of sp³-hybridized carbons (Fsp3) is 0.278. The highest BCUT2D eigenvalue weighted by Gasteiger charge is 2.43. The van der Waals surface area contributed by atoms with Gasteiger partial charge in [-0.3, -0.25) is 0 Å². The van der Waals surface area contributed by atoms with Crippen molar-refractivity contribution in [2.45, 2.75) is 12.5 Å². The van der Waals surface area contributed by atoms with Gasteiger partial charge in [0.1, 0.15) is 17.6 Å². The minimum atomic E-state index is -0.869. The van der Waals surface area contributed by atoms with Crippen molar-refractivity contribution in [3.63, 3.8) is 0 Å². The van der Waals surface area contributed by atoms with E-state index in [1.165, 1.54) is 0 Å². The molecule has 1 aromatic heterocycles. The van der Waals surface area contributed by atoms with Crippen LogP contribution in [0.3, 0.4) is 0 Å². The smallest absolute Gasteiger partial charge is 0.130 e. The third kappa shape index (κ3) is 1.99. The summed E-state index contributed by atoms with van der Waals surface area (Å²) < 4.78 is 11.3. The van der Waals surface area contributed by atoms with Gasteiger partial charge in [0.15, 0.2) is 0 Å². The van der Waals surface area contributed by atoms with E-state index in [-0.39, 0.29) is 0 Å². The van der Waals surface area contributed by atoms with Gasteiger partial charge < -0.3 is 19.3 Å². The van der Waals surface area contributed by atoms with Crippen molar-refractivity contribution in [3.05, 3.63) is 59.5 Å². The molecule has 0 saturated heterocycles. The molecule has 1 aliphatic rings. The van der Waals surface area contributed by atoms with Crippen LogP contribution in [-0.4, -0.2) is 25.5 Å². The first-order chi connectivity index (χ1) is 10.7. The van der Waals surface area contributed by atoms with Crippen LogP contribution in [0.4, 0.5) is 0 Å². The lowest BCUT2D eigenvalue weighted by Gasteiger charge is -2.36. The number of nitrogens with one attached hydrogen (secondary N) is 1. The first-order valence-electron chi connectivity index (χ1n) is 7.19. The number of hydrogen-bond acceptors (Lipinski definition) is 3. The normalized spacial score (nSPS) is 24.8. The minimum Gasteiger partial charge on any atom is -0.497 e. The summed E-state index contributed by atoms with van der Waals surface area (Å²) in [5.41, 5.74) is 2.01. The Bertz CT molecular complexity index is 771. The van der Waals surface area contributed by atoms with Crippen molar-refractivity contribution in [3.8, 4) is 0 Å². The second kappa shape index (κ2) is 5.46. The van der Waals surface area contributed by atoms with Gasteiger partial charge >= 0.3 is 0 Å². The average molecular weight is 297 g/mol. The number of fused-ring (bicyclic) bond motifs is 1. The fourth-order valence-corrected chi connectivity index (χ4v) is 3.20. The third-order valence-corrected chi connectivity index (χ3v) is 4.37. The first kappa shape index (κ1) is 14.6. The predicted octanol–water partition coefficient (Wildman–Crippen LogP) is 3.31. The van der Waals surface area contributed by atoms with Crippen LogP contribution < -0.4 is 0 Å². The molecule has 0 bridgehead atoms. The second-order valence-corrected chi connectivity index (χ2v) is 5.47. The molecule has 0 saturated carbocycles. The molecule has 1 aromatic carbocycles. The van der Waals surface area contributed by atoms with Crippen LogP contribution in [0.2, 0.25) is 0 Å². The van der Waals surface area contributed by atoms with Gasteiger partial charge in [0.25, 0.3) is 0 Å². The Hall–Kier alpha value is -2.33. The van der Waals surface area contributed by atoms with E-state index in [2.05, 4.69) is 4.98 Å². The van der Waals surface area contributed by atoms with E-state index < -0.39 is 11.5 Å². The Balaban J connectivity index is 2.27. The summed E-state index contributed by atoms with van der Waals surface area (Å²) in [7, 11) is 3.25. The SMILES string of the molecule is COC1=CC(OC)(c2c[nH]c3ccccc23)C(C=O)C=C1C. The van der Waals surface area contributed by atoms with E-state index in [1.807, 2.05) is 49.5 Å². The van der Waals surface area contributed by atoms with Gasteiger partial charge in [0, 0.05) is 29.8 Å². The molecule has 4 heteroatoms. The van der Waals surface area contributed by atoms with E-state index in [0.29, 0.717) is 0 Å². The Morgan fingerprint density at radius 1 is 1.27 bits per heavy atom. The van der Waals surface area contributed by atoms with Gasteiger partial charge in [0.05, 0.1) is 13.0 Å². The van der Waals surface area contributed by atoms with Crippen molar-refractivity contribution < 1.29 is 14.3 Å². The number of aromatic amines is 1. The number of H-pyrrole nitrogens is 1. The van der Waals surface area contributed by atoms with Crippen LogP contribution in [-0.2, 0) is 19.9 Å². The van der Waals surface area contributed by atoms with Gasteiger partial charge in [0.2, 0.25) is 0 Å². The number of allylic oxidation sites excluding steroid dienone is 1. The topological polar surface area (TPSA) is 51.3 Å². The number of hydrogen-bond donors (Lipinski definition) is 1. The van der Waals surface area contributed by atoms with Crippen LogP contribution in [0.15, 0.2) is 53.9 Å². The van der Waals surface area contributed by atoms with Crippen molar-refractivity contribution in [1.82, 2.24) is 4.98 Å². The maximum absolute atomic E-state index is 11.7. The molecular formula is C18H19NO3. The van der Waals surface area contributed by atoms with Crippen molar-refractivity contribution >= 4 is 17.2 Å². The maximum Gasteiger partial charge on any atom is 0.130 e. The van der Waals surface area contributed by atoms with Crippen LogP contribution in [0.1, 0.15) is 12.5 Å². The minimum absolute atomic E-state index is 0.407. The summed E-state index contributed by atoms with van der Waals surface area (Å²) >= 11 is 0. The Morgan fingerprint density at radius 2 is 2.05 bits per heavy atom. The molecule has 0 aliphatic heterocycles. The molecule has 0 amide bonds. The number of aldehydes is 1. The lowest BCUT2D eigenvalue weighted by atomic mass is 9.76. The summed E-state index contributed by atoms with van der Waals surface area (Å²) in [4.78, 5) is 14.9. The molecule has 0 radical (unpaired) electrons. The number of ether oxygens (including phenoxy) is 2. The average Bonchev–Trinajstić information content (AvgIpc) is 2.99. The van der Waals surface area contributed by atoms with Gasteiger partial charge in [-0.25, -0.2) is 0 Å². The molecule has 2 unspecified atom stereocenters. The summed E-state index contributed by atoms with van der Waals surface area (Å²) in [6.45, 7) is 1.93. The van der Waals surface area contributed by atoms with Gasteiger partial charge in [-0.1, -0.05) is 24.3 Å². The summed E-state index contributed by atoms with van der Waals surface area (Å²) in [6, 6.07) is 7.97. The zero-order valence-corrected chi connectivity index (χ0v) is 12.9. The number of para-hydroxylation sites is 1. The number of rotatable bonds is 4. The number of benzene rings is 1. The lowest BCUT2D eigenvalue weighted by Crippen LogP contribution is -2.38. The molecule has 1 heterocycles. The van der Waals surface area contributed by atoms with E-state index in [0.717, 1.165) is 34.1 Å². The lowest BCUT2D eigenvalue weighted by molar-refractivity contribution is -0.117. The first-order valence-corrected chi connectivity index (χ1v) is 7.19. The zero-order valence-electron chi connectivity index (χ0n) is 12.9. The second-order valence-electron chi connectivity index (χ2n) is 5.47. The van der Waals surface area contributed by atoms with Crippen LogP contribution in [0.5, 0.6) is 0 Å². The highest BCUT2D eigenvalue weighted by atomic mass is 16.5. The third-order valence-electron chi connectivity index (χ3n) is 4.37. The van der Waals surface area contributed by atoms with Crippen LogP contribution in [0.25, 0.3) is 10.9 Å². The summed E-state index contributed by atoms with van der Waals surface area (Å²) in [5, 5.41) is 1.04. The molecule has 1 aliphatic carbocycles. The van der Waals surface area contributed by atoms with Gasteiger partial charge in [-0.05, 0) is 24.6 Å². The van der Waals surface area contributed by atoms with Crippen LogP contribution in [0, 0.1) is 5.92 Å². The highest BCUT2D eigenvalue weighted by Crippen LogP contribution is 2.43. The quantitative estimate of drug-likeness (QED) is 0.881. The molecule has 22 heavy (non-hydrogen) atoms. The number of carbonyl (C=O) groups is 1. The van der Waals surface area contributed by atoms with Crippen LogP contribution >= 0.6 is 0 Å². The predicted molar refractivity (Wildman–Crippen MR) is 85.4 cm³/mol. The van der Waals surface area contributed by atoms with E-state index >= 15 is 0 Å². The zero-order chi connectivity index (χ0) is 15.7. The largest absolute Gasteiger partial charge is 0.497 e. The molecule has 1 N–H and O–H groups in total. The molecule has 2 atom stereocenters. The van der Waals surface area contributed by atoms with E-state index in [4.69, 9.17) is 9.47 Å². The van der Waals surface area contributed by atoms with Crippen molar-refractivity contribution in [2.24, 2.45) is 5.92 Å². The molecule has 0 spiro atoms. The molecule has 2 aromatic rings. The standard InChI is InChI=1S/C18H19NO3/c1-12-8-13(11-20)18(22-3,9-17(12)21-2)15-10-19-16-7-5-4-6-14(15)16/h4-11,13,19H,1-3H3. The van der Waals surface area contributed by atoms with Gasteiger partial charge in [-0.2, -0.15) is 0 Å². The summed E-state index contributed by atoms with van der Waals surface area (Å²) in [6.07, 6.45) is 6.63. The monoisotopic (exact) mass is 297 g/mol. The molecule has 4 nitrogen and oxygen atoms in total. The van der Waals surface area contributed by atoms with E-state index in [1.54, 1.807) is 14.2 Å².